The Morgan fingerprint density at radius 3 is 2.76 bits per heavy atom. The second-order valence-corrected chi connectivity index (χ2v) is 9.98. The van der Waals surface area contributed by atoms with Crippen LogP contribution in [-0.2, 0) is 22.9 Å². The molecule has 1 atom stereocenters. The molecule has 1 fully saturated rings. The minimum atomic E-state index is -2.82. The minimum absolute atomic E-state index is 0.0842. The van der Waals surface area contributed by atoms with Crippen LogP contribution in [0.5, 0.6) is 0 Å². The predicted molar refractivity (Wildman–Crippen MR) is 87.2 cm³/mol. The second kappa shape index (κ2) is 6.32. The van der Waals surface area contributed by atoms with E-state index in [0.29, 0.717) is 12.3 Å². The largest absolute Gasteiger partial charge is 0.306 e. The average molecular weight is 332 g/mol. The Morgan fingerprint density at radius 2 is 2.19 bits per heavy atom. The van der Waals surface area contributed by atoms with E-state index in [0.717, 1.165) is 23.7 Å². The van der Waals surface area contributed by atoms with Crippen LogP contribution in [0.3, 0.4) is 0 Å². The molecule has 120 valence electrons. The van der Waals surface area contributed by atoms with Crippen molar-refractivity contribution in [2.24, 2.45) is 0 Å². The van der Waals surface area contributed by atoms with E-state index < -0.39 is 9.84 Å². The molecule has 1 aromatic rings. The summed E-state index contributed by atoms with van der Waals surface area (Å²) in [7, 11) is -0.838. The summed E-state index contributed by atoms with van der Waals surface area (Å²) in [5.74, 6) is 0.603. The topological polar surface area (TPSA) is 62.3 Å². The third kappa shape index (κ3) is 5.32. The van der Waals surface area contributed by atoms with Crippen molar-refractivity contribution in [3.05, 3.63) is 16.1 Å². The first-order valence-electron chi connectivity index (χ1n) is 7.24. The molecule has 0 radical (unpaired) electrons. The van der Waals surface area contributed by atoms with Crippen LogP contribution in [-0.4, -0.2) is 48.4 Å². The molecule has 0 spiro atoms. The number of sulfone groups is 1. The van der Waals surface area contributed by atoms with Crippen molar-refractivity contribution in [1.82, 2.24) is 15.2 Å². The van der Waals surface area contributed by atoms with E-state index in [1.165, 1.54) is 0 Å². The number of hydrogen-bond acceptors (Lipinski definition) is 6. The molecule has 0 aliphatic carbocycles. The molecule has 7 heteroatoms. The molecule has 0 amide bonds. The fourth-order valence-corrected chi connectivity index (χ4v) is 4.88. The zero-order valence-electron chi connectivity index (χ0n) is 13.2. The zero-order valence-corrected chi connectivity index (χ0v) is 14.9. The number of thiazole rings is 1. The Bertz CT molecular complexity index is 575. The van der Waals surface area contributed by atoms with E-state index in [1.54, 1.807) is 11.3 Å². The van der Waals surface area contributed by atoms with Crippen molar-refractivity contribution in [3.8, 4) is 0 Å². The molecule has 21 heavy (non-hydrogen) atoms. The molecule has 2 rings (SSSR count). The maximum absolute atomic E-state index is 11.5. The highest BCUT2D eigenvalue weighted by Crippen LogP contribution is 2.19. The molecular formula is C14H25N3O2S2. The van der Waals surface area contributed by atoms with Crippen LogP contribution < -0.4 is 5.32 Å². The highest BCUT2D eigenvalue weighted by Gasteiger charge is 2.30. The van der Waals surface area contributed by atoms with Crippen LogP contribution in [0.4, 0.5) is 0 Å². The molecule has 1 aliphatic heterocycles. The fourth-order valence-electron chi connectivity index (χ4n) is 2.35. The lowest BCUT2D eigenvalue weighted by Gasteiger charge is -2.21. The summed E-state index contributed by atoms with van der Waals surface area (Å²) in [6.45, 7) is 7.89. The van der Waals surface area contributed by atoms with Gasteiger partial charge in [0.25, 0.3) is 0 Å². The van der Waals surface area contributed by atoms with Crippen molar-refractivity contribution in [2.45, 2.75) is 51.9 Å². The Balaban J connectivity index is 1.87. The SMILES string of the molecule is CN(Cc1csc(CNC(C)(C)C)n1)C1CCS(=O)(=O)C1. The molecule has 1 aliphatic rings. The van der Waals surface area contributed by atoms with Crippen molar-refractivity contribution < 1.29 is 8.42 Å². The summed E-state index contributed by atoms with van der Waals surface area (Å²) in [6.07, 6.45) is 0.738. The van der Waals surface area contributed by atoms with Crippen LogP contribution in [0.1, 0.15) is 37.9 Å². The summed E-state index contributed by atoms with van der Waals surface area (Å²) in [4.78, 5) is 6.74. The van der Waals surface area contributed by atoms with Crippen LogP contribution >= 0.6 is 11.3 Å². The average Bonchev–Trinajstić information content (AvgIpc) is 2.92. The van der Waals surface area contributed by atoms with Gasteiger partial charge in [-0.2, -0.15) is 0 Å². The van der Waals surface area contributed by atoms with Gasteiger partial charge in [-0.15, -0.1) is 11.3 Å². The molecular weight excluding hydrogens is 306 g/mol. The zero-order chi connectivity index (χ0) is 15.7. The van der Waals surface area contributed by atoms with E-state index in [1.807, 2.05) is 7.05 Å². The molecule has 0 saturated carbocycles. The summed E-state index contributed by atoms with van der Waals surface area (Å²) in [5.41, 5.74) is 1.11. The molecule has 1 N–H and O–H groups in total. The highest BCUT2D eigenvalue weighted by molar-refractivity contribution is 7.91. The van der Waals surface area contributed by atoms with Gasteiger partial charge >= 0.3 is 0 Å². The number of nitrogens with one attached hydrogen (secondary N) is 1. The second-order valence-electron chi connectivity index (χ2n) is 6.81. The molecule has 1 saturated heterocycles. The van der Waals surface area contributed by atoms with Crippen molar-refractivity contribution >= 4 is 21.2 Å². The number of aromatic nitrogens is 1. The van der Waals surface area contributed by atoms with E-state index in [2.05, 4.69) is 41.4 Å². The van der Waals surface area contributed by atoms with Crippen molar-refractivity contribution in [2.75, 3.05) is 18.6 Å². The van der Waals surface area contributed by atoms with Crippen LogP contribution in [0.25, 0.3) is 0 Å². The Hall–Kier alpha value is -0.500. The first kappa shape index (κ1) is 16.9. The first-order chi connectivity index (χ1) is 9.65. The maximum atomic E-state index is 11.5. The van der Waals surface area contributed by atoms with Crippen molar-refractivity contribution in [1.29, 1.82) is 0 Å². The van der Waals surface area contributed by atoms with E-state index in [-0.39, 0.29) is 17.3 Å². The summed E-state index contributed by atoms with van der Waals surface area (Å²) in [6, 6.07) is 0.132. The minimum Gasteiger partial charge on any atom is -0.306 e. The smallest absolute Gasteiger partial charge is 0.151 e. The van der Waals surface area contributed by atoms with Gasteiger partial charge in [-0.3, -0.25) is 4.90 Å². The van der Waals surface area contributed by atoms with Crippen LogP contribution in [0.15, 0.2) is 5.38 Å². The van der Waals surface area contributed by atoms with E-state index in [9.17, 15) is 8.42 Å². The standard InChI is InChI=1S/C14H25N3O2S2/c1-14(2,3)15-7-13-16-11(9-20-13)8-17(4)12-5-6-21(18,19)10-12/h9,12,15H,5-8,10H2,1-4H3. The third-order valence-electron chi connectivity index (χ3n) is 3.61. The molecule has 0 bridgehead atoms. The lowest BCUT2D eigenvalue weighted by molar-refractivity contribution is 0.251. The van der Waals surface area contributed by atoms with Crippen LogP contribution in [0.2, 0.25) is 0 Å². The van der Waals surface area contributed by atoms with Gasteiger partial charge in [0.2, 0.25) is 0 Å². The summed E-state index contributed by atoms with van der Waals surface area (Å²) in [5, 5.41) is 6.57. The normalized spacial score (nSPS) is 22.0. The van der Waals surface area contributed by atoms with Gasteiger partial charge in [-0.05, 0) is 34.2 Å². The molecule has 2 heterocycles. The first-order valence-corrected chi connectivity index (χ1v) is 9.94. The molecule has 1 aromatic heterocycles. The van der Waals surface area contributed by atoms with E-state index in [4.69, 9.17) is 0 Å². The number of nitrogens with zero attached hydrogens (tertiary/aromatic N) is 2. The van der Waals surface area contributed by atoms with Crippen molar-refractivity contribution in [3.63, 3.8) is 0 Å². The summed E-state index contributed by atoms with van der Waals surface area (Å²) < 4.78 is 23.1. The van der Waals surface area contributed by atoms with Gasteiger partial charge in [0.05, 0.1) is 17.2 Å². The summed E-state index contributed by atoms with van der Waals surface area (Å²) >= 11 is 1.66. The van der Waals surface area contributed by atoms with Gasteiger partial charge in [0, 0.05) is 30.1 Å². The van der Waals surface area contributed by atoms with E-state index >= 15 is 0 Å². The van der Waals surface area contributed by atoms with Gasteiger partial charge in [-0.25, -0.2) is 13.4 Å². The highest BCUT2D eigenvalue weighted by atomic mass is 32.2. The quantitative estimate of drug-likeness (QED) is 0.889. The Morgan fingerprint density at radius 1 is 1.48 bits per heavy atom. The number of hydrogen-bond donors (Lipinski definition) is 1. The number of rotatable bonds is 5. The van der Waals surface area contributed by atoms with Gasteiger partial charge in [0.15, 0.2) is 9.84 Å². The Kier molecular flexibility index (Phi) is 5.07. The third-order valence-corrected chi connectivity index (χ3v) is 6.26. The predicted octanol–water partition coefficient (Wildman–Crippen LogP) is 1.65. The molecule has 5 nitrogen and oxygen atoms in total. The van der Waals surface area contributed by atoms with Gasteiger partial charge in [-0.1, -0.05) is 0 Å². The van der Waals surface area contributed by atoms with Gasteiger partial charge < -0.3 is 5.32 Å². The Labute approximate surface area is 131 Å². The molecule has 1 unspecified atom stereocenters. The lowest BCUT2D eigenvalue weighted by atomic mass is 10.1. The van der Waals surface area contributed by atoms with Gasteiger partial charge in [0.1, 0.15) is 5.01 Å². The van der Waals surface area contributed by atoms with Crippen LogP contribution in [0, 0.1) is 0 Å². The molecule has 0 aromatic carbocycles. The fraction of sp³-hybridized carbons (Fsp3) is 0.786. The maximum Gasteiger partial charge on any atom is 0.151 e. The monoisotopic (exact) mass is 331 g/mol. The lowest BCUT2D eigenvalue weighted by Crippen LogP contribution is -2.35.